The molecule has 9 nitrogen and oxygen atoms in total. The predicted molar refractivity (Wildman–Crippen MR) is 140 cm³/mol. The standard InChI is InChI=1S/C26H34FN5O4S/c1-16-23(17(2)33)37-25(28-16)30-24(34)29-22-15-32(26(35)36)11-9-20(22)14-31-10-3-4-19(13-31)12-18-5-7-21(27)8-6-18/h5-8,19-20,22H,3-4,9-15H2,1-2H3,(H,35,36)(H2,28,29,30,34)/t19?,20-,22-/m0/s1. The van der Waals surface area contributed by atoms with Crippen molar-refractivity contribution in [1.29, 1.82) is 0 Å². The van der Waals surface area contributed by atoms with Crippen molar-refractivity contribution >= 4 is 34.4 Å². The molecule has 3 heterocycles. The second-order valence-electron chi connectivity index (χ2n) is 10.1. The van der Waals surface area contributed by atoms with Crippen molar-refractivity contribution in [1.82, 2.24) is 20.1 Å². The lowest BCUT2D eigenvalue weighted by molar-refractivity contribution is 0.0827. The number of carboxylic acid groups (broad SMARTS) is 1. The zero-order chi connectivity index (χ0) is 26.5. The van der Waals surface area contributed by atoms with Gasteiger partial charge in [-0.15, -0.1) is 0 Å². The Morgan fingerprint density at radius 2 is 1.92 bits per heavy atom. The van der Waals surface area contributed by atoms with Crippen molar-refractivity contribution in [2.24, 2.45) is 11.8 Å². The van der Waals surface area contributed by atoms with Crippen LogP contribution in [0.3, 0.4) is 0 Å². The van der Waals surface area contributed by atoms with E-state index in [1.165, 1.54) is 24.0 Å². The average Bonchev–Trinajstić information content (AvgIpc) is 3.21. The van der Waals surface area contributed by atoms with Gasteiger partial charge in [0.25, 0.3) is 0 Å². The van der Waals surface area contributed by atoms with Crippen molar-refractivity contribution in [2.75, 3.05) is 38.0 Å². The maximum atomic E-state index is 13.3. The smallest absolute Gasteiger partial charge is 0.407 e. The van der Waals surface area contributed by atoms with E-state index in [2.05, 4.69) is 20.5 Å². The van der Waals surface area contributed by atoms with E-state index in [0.29, 0.717) is 34.6 Å². The Bertz CT molecular complexity index is 1120. The van der Waals surface area contributed by atoms with Crippen LogP contribution in [0.2, 0.25) is 0 Å². The molecule has 2 saturated heterocycles. The SMILES string of the molecule is CC(=O)c1sc(NC(=O)N[C@H]2CN(C(=O)O)CC[C@H]2CN2CCCC(Cc3ccc(F)cc3)C2)nc1C. The Labute approximate surface area is 220 Å². The van der Waals surface area contributed by atoms with Gasteiger partial charge in [0.2, 0.25) is 0 Å². The van der Waals surface area contributed by atoms with Gasteiger partial charge in [-0.2, -0.15) is 0 Å². The second kappa shape index (κ2) is 12.0. The second-order valence-corrected chi connectivity index (χ2v) is 11.1. The van der Waals surface area contributed by atoms with Crippen molar-refractivity contribution < 1.29 is 23.9 Å². The van der Waals surface area contributed by atoms with Crippen LogP contribution in [0.4, 0.5) is 19.1 Å². The number of thiazole rings is 1. The maximum absolute atomic E-state index is 13.3. The van der Waals surface area contributed by atoms with Gasteiger partial charge in [0, 0.05) is 33.1 Å². The molecule has 1 unspecified atom stereocenters. The summed E-state index contributed by atoms with van der Waals surface area (Å²) < 4.78 is 13.3. The van der Waals surface area contributed by atoms with Gasteiger partial charge in [-0.05, 0) is 68.7 Å². The number of aryl methyl sites for hydroxylation is 1. The van der Waals surface area contributed by atoms with Crippen molar-refractivity contribution in [2.45, 2.75) is 45.6 Å². The number of hydrogen-bond donors (Lipinski definition) is 3. The average molecular weight is 532 g/mol. The number of urea groups is 1. The molecule has 3 N–H and O–H groups in total. The van der Waals surface area contributed by atoms with Crippen LogP contribution in [0.15, 0.2) is 24.3 Å². The highest BCUT2D eigenvalue weighted by molar-refractivity contribution is 7.17. The summed E-state index contributed by atoms with van der Waals surface area (Å²) >= 11 is 1.13. The van der Waals surface area contributed by atoms with E-state index in [0.717, 1.165) is 55.8 Å². The van der Waals surface area contributed by atoms with Crippen LogP contribution in [0.5, 0.6) is 0 Å². The first-order valence-electron chi connectivity index (χ1n) is 12.7. The van der Waals surface area contributed by atoms with E-state index in [4.69, 9.17) is 0 Å². The Morgan fingerprint density at radius 3 is 2.59 bits per heavy atom. The zero-order valence-corrected chi connectivity index (χ0v) is 22.0. The maximum Gasteiger partial charge on any atom is 0.407 e. The number of nitrogens with one attached hydrogen (secondary N) is 2. The van der Waals surface area contributed by atoms with Gasteiger partial charge in [-0.3, -0.25) is 10.1 Å². The van der Waals surface area contributed by atoms with Crippen molar-refractivity contribution in [3.05, 3.63) is 46.2 Å². The lowest BCUT2D eigenvalue weighted by Crippen LogP contribution is -2.57. The van der Waals surface area contributed by atoms with Gasteiger partial charge in [-0.1, -0.05) is 23.5 Å². The summed E-state index contributed by atoms with van der Waals surface area (Å²) in [5.74, 6) is 0.231. The summed E-state index contributed by atoms with van der Waals surface area (Å²) in [5.41, 5.74) is 1.70. The number of carbonyl (C=O) groups is 3. The molecule has 1 aromatic heterocycles. The molecule has 0 bridgehead atoms. The number of benzene rings is 1. The largest absolute Gasteiger partial charge is 0.465 e. The number of ketones is 1. The molecule has 4 rings (SSSR count). The molecule has 1 aromatic carbocycles. The molecule has 37 heavy (non-hydrogen) atoms. The summed E-state index contributed by atoms with van der Waals surface area (Å²) in [4.78, 5) is 44.7. The molecule has 3 atom stereocenters. The molecule has 3 amide bonds. The van der Waals surface area contributed by atoms with Crippen LogP contribution in [-0.2, 0) is 6.42 Å². The lowest BCUT2D eigenvalue weighted by atomic mass is 9.88. The molecular formula is C26H34FN5O4S. The zero-order valence-electron chi connectivity index (χ0n) is 21.2. The van der Waals surface area contributed by atoms with Crippen LogP contribution < -0.4 is 10.6 Å². The van der Waals surface area contributed by atoms with E-state index in [9.17, 15) is 23.9 Å². The fourth-order valence-electron chi connectivity index (χ4n) is 5.40. The number of carbonyl (C=O) groups excluding carboxylic acids is 2. The molecule has 0 radical (unpaired) electrons. The molecule has 11 heteroatoms. The van der Waals surface area contributed by atoms with Gasteiger partial charge >= 0.3 is 12.1 Å². The number of nitrogens with zero attached hydrogens (tertiary/aromatic N) is 3. The van der Waals surface area contributed by atoms with Crippen LogP contribution in [0.25, 0.3) is 0 Å². The number of halogens is 1. The van der Waals surface area contributed by atoms with Crippen LogP contribution in [-0.4, -0.2) is 76.6 Å². The van der Waals surface area contributed by atoms with Crippen LogP contribution in [0, 0.1) is 24.6 Å². The molecular weight excluding hydrogens is 497 g/mol. The first-order chi connectivity index (χ1) is 17.7. The van der Waals surface area contributed by atoms with E-state index >= 15 is 0 Å². The summed E-state index contributed by atoms with van der Waals surface area (Å²) in [5, 5.41) is 15.6. The topological polar surface area (TPSA) is 115 Å². The minimum Gasteiger partial charge on any atom is -0.465 e. The van der Waals surface area contributed by atoms with Gasteiger partial charge in [-0.25, -0.2) is 19.0 Å². The monoisotopic (exact) mass is 531 g/mol. The summed E-state index contributed by atoms with van der Waals surface area (Å²) in [6.07, 6.45) is 2.74. The fourth-order valence-corrected chi connectivity index (χ4v) is 6.26. The van der Waals surface area contributed by atoms with Gasteiger partial charge in [0.1, 0.15) is 5.82 Å². The van der Waals surface area contributed by atoms with E-state index < -0.39 is 12.1 Å². The minimum atomic E-state index is -0.996. The minimum absolute atomic E-state index is 0.0942. The molecule has 200 valence electrons. The number of hydrogen-bond acceptors (Lipinski definition) is 6. The van der Waals surface area contributed by atoms with Gasteiger partial charge < -0.3 is 20.2 Å². The highest BCUT2D eigenvalue weighted by Crippen LogP contribution is 2.26. The van der Waals surface area contributed by atoms with Crippen LogP contribution in [0.1, 0.15) is 47.1 Å². The first-order valence-corrected chi connectivity index (χ1v) is 13.5. The van der Waals surface area contributed by atoms with E-state index in [1.807, 2.05) is 12.1 Å². The van der Waals surface area contributed by atoms with Crippen LogP contribution >= 0.6 is 11.3 Å². The third-order valence-corrected chi connectivity index (χ3v) is 8.39. The summed E-state index contributed by atoms with van der Waals surface area (Å²) in [6, 6.07) is 5.88. The van der Waals surface area contributed by atoms with Gasteiger partial charge in [0.05, 0.1) is 16.6 Å². The number of anilines is 1. The molecule has 2 fully saturated rings. The third kappa shape index (κ3) is 7.26. The van der Waals surface area contributed by atoms with E-state index in [-0.39, 0.29) is 30.1 Å². The Balaban J connectivity index is 1.37. The Morgan fingerprint density at radius 1 is 1.16 bits per heavy atom. The normalized spacial score (nSPS) is 22.5. The number of likely N-dealkylation sites (tertiary alicyclic amines) is 2. The van der Waals surface area contributed by atoms with Gasteiger partial charge in [0.15, 0.2) is 10.9 Å². The highest BCUT2D eigenvalue weighted by Gasteiger charge is 2.34. The number of Topliss-reactive ketones (excluding diaryl/α,β-unsaturated/α-hetero) is 1. The molecule has 2 aliphatic rings. The summed E-state index contributed by atoms with van der Waals surface area (Å²) in [6.45, 7) is 6.48. The lowest BCUT2D eigenvalue weighted by Gasteiger charge is -2.41. The first kappa shape index (κ1) is 27.0. The molecule has 2 aromatic rings. The number of aromatic nitrogens is 1. The Hall–Kier alpha value is -3.05. The molecule has 2 aliphatic heterocycles. The molecule has 0 saturated carbocycles. The number of piperidine rings is 2. The van der Waals surface area contributed by atoms with Crippen molar-refractivity contribution in [3.63, 3.8) is 0 Å². The third-order valence-electron chi connectivity index (χ3n) is 7.21. The Kier molecular flexibility index (Phi) is 8.75. The van der Waals surface area contributed by atoms with Crippen molar-refractivity contribution in [3.8, 4) is 0 Å². The number of rotatable bonds is 7. The quantitative estimate of drug-likeness (QED) is 0.461. The fraction of sp³-hybridized carbons (Fsp3) is 0.538. The highest BCUT2D eigenvalue weighted by atomic mass is 32.1. The molecule has 0 spiro atoms. The molecule has 0 aliphatic carbocycles. The summed E-state index contributed by atoms with van der Waals surface area (Å²) in [7, 11) is 0. The van der Waals surface area contributed by atoms with E-state index in [1.54, 1.807) is 6.92 Å². The number of amides is 3. The predicted octanol–water partition coefficient (Wildman–Crippen LogP) is 4.24.